The van der Waals surface area contributed by atoms with Crippen LogP contribution in [-0.4, -0.2) is 16.0 Å². The van der Waals surface area contributed by atoms with Gasteiger partial charge < -0.3 is 0 Å². The second kappa shape index (κ2) is 7.02. The van der Waals surface area contributed by atoms with Gasteiger partial charge in [-0.2, -0.15) is 0 Å². The Morgan fingerprint density at radius 2 is 1.23 bits per heavy atom. The molecule has 0 atom stereocenters. The van der Waals surface area contributed by atoms with Crippen LogP contribution in [0.2, 0.25) is 0 Å². The summed E-state index contributed by atoms with van der Waals surface area (Å²) in [4.78, 5) is 18.9. The number of nitrogens with zero attached hydrogens (tertiary/aromatic N) is 2. The third kappa shape index (κ3) is 2.54. The molecule has 0 aliphatic carbocycles. The molecule has 2 aromatic heterocycles. The van der Waals surface area contributed by atoms with Crippen molar-refractivity contribution in [2.45, 2.75) is 0 Å². The minimum atomic E-state index is -3.26. The van der Waals surface area contributed by atoms with E-state index in [-0.39, 0.29) is 5.56 Å². The number of hydrogen-bond acceptors (Lipinski definition) is 3. The molecule has 0 unspecified atom stereocenters. The van der Waals surface area contributed by atoms with Gasteiger partial charge in [-0.05, 0) is 0 Å². The van der Waals surface area contributed by atoms with E-state index >= 15 is 0 Å². The first-order valence-corrected chi connectivity index (χ1v) is 13.3. The average Bonchev–Trinajstić information content (AvgIpc) is 3.30. The van der Waals surface area contributed by atoms with Gasteiger partial charge in [0.15, 0.2) is 0 Å². The van der Waals surface area contributed by atoms with Gasteiger partial charge in [0.2, 0.25) is 0 Å². The first-order chi connectivity index (χ1) is 14.6. The second-order valence-electron chi connectivity index (χ2n) is 7.58. The molecule has 0 aliphatic heterocycles. The Morgan fingerprint density at radius 1 is 0.767 bits per heavy atom. The quantitative estimate of drug-likeness (QED) is 0.411. The van der Waals surface area contributed by atoms with Crippen molar-refractivity contribution >= 4 is 44.2 Å². The molecule has 3 nitrogen and oxygen atoms in total. The van der Waals surface area contributed by atoms with E-state index in [0.29, 0.717) is 0 Å². The molecule has 0 N–H and O–H groups in total. The Balaban J connectivity index is 2.04. The number of thiazole rings is 1. The summed E-state index contributed by atoms with van der Waals surface area (Å²) in [6, 6.07) is 33.3. The van der Waals surface area contributed by atoms with Crippen molar-refractivity contribution in [2.24, 2.45) is 0 Å². The second-order valence-corrected chi connectivity index (χ2v) is 13.6. The number of fused-ring (bicyclic) bond motifs is 1. The van der Waals surface area contributed by atoms with Crippen LogP contribution in [0.1, 0.15) is 0 Å². The van der Waals surface area contributed by atoms with Gasteiger partial charge in [0, 0.05) is 0 Å². The van der Waals surface area contributed by atoms with E-state index in [2.05, 4.69) is 79.5 Å². The molecular weight excluding hydrogens is 407 g/mol. The van der Waals surface area contributed by atoms with Crippen LogP contribution in [0.4, 0.5) is 0 Å². The third-order valence-corrected chi connectivity index (χ3v) is 13.0. The first-order valence-electron chi connectivity index (χ1n) is 9.78. The molecule has 5 aromatic rings. The standard InChI is InChI=1S/C25H21N2OPS/c1-29(20-11-5-2-6-12-20,21-13-7-3-8-14-21,22-15-9-4-10-16-22)23-19-24(28)27-17-18-30-25(27)26-23/h2-19H,1H3. The Hall–Kier alpha value is -3.07. The van der Waals surface area contributed by atoms with E-state index in [1.807, 2.05) is 23.6 Å². The van der Waals surface area contributed by atoms with Crippen molar-refractivity contribution in [1.82, 2.24) is 9.38 Å². The van der Waals surface area contributed by atoms with Crippen molar-refractivity contribution in [2.75, 3.05) is 6.66 Å². The van der Waals surface area contributed by atoms with Crippen LogP contribution < -0.4 is 26.9 Å². The van der Waals surface area contributed by atoms with E-state index in [1.54, 1.807) is 16.7 Å². The van der Waals surface area contributed by atoms with Crippen LogP contribution in [0.5, 0.6) is 0 Å². The molecule has 0 amide bonds. The summed E-state index contributed by atoms with van der Waals surface area (Å²) in [7, 11) is 0. The van der Waals surface area contributed by atoms with Gasteiger partial charge in [0.05, 0.1) is 0 Å². The summed E-state index contributed by atoms with van der Waals surface area (Å²) < 4.78 is 1.62. The molecule has 0 fully saturated rings. The predicted octanol–water partition coefficient (Wildman–Crippen LogP) is 3.54. The van der Waals surface area contributed by atoms with Crippen molar-refractivity contribution in [3.05, 3.63) is 119 Å². The molecule has 148 valence electrons. The molecule has 3 aromatic carbocycles. The summed E-state index contributed by atoms with van der Waals surface area (Å²) in [5.41, 5.74) is 0.798. The zero-order valence-corrected chi connectivity index (χ0v) is 18.3. The summed E-state index contributed by atoms with van der Waals surface area (Å²) in [6.45, 7) is -0.946. The Labute approximate surface area is 179 Å². The summed E-state index contributed by atoms with van der Waals surface area (Å²) >= 11 is 1.49. The van der Waals surface area contributed by atoms with Gasteiger partial charge >= 0.3 is 179 Å². The van der Waals surface area contributed by atoms with E-state index in [1.165, 1.54) is 27.3 Å². The van der Waals surface area contributed by atoms with E-state index in [9.17, 15) is 4.79 Å². The SMILES string of the molecule is CP(c1ccccc1)(c1ccccc1)(c1ccccc1)c1cc(=O)n2ccsc2n1. The van der Waals surface area contributed by atoms with Crippen LogP contribution in [0, 0.1) is 0 Å². The van der Waals surface area contributed by atoms with Crippen LogP contribution in [0.3, 0.4) is 0 Å². The molecule has 30 heavy (non-hydrogen) atoms. The average molecular weight is 428 g/mol. The van der Waals surface area contributed by atoms with Crippen molar-refractivity contribution in [3.8, 4) is 0 Å². The van der Waals surface area contributed by atoms with Crippen LogP contribution >= 0.6 is 17.9 Å². The number of rotatable bonds is 4. The fourth-order valence-electron chi connectivity index (χ4n) is 4.36. The van der Waals surface area contributed by atoms with Gasteiger partial charge in [0.25, 0.3) is 0 Å². The molecule has 0 bridgehead atoms. The molecule has 0 spiro atoms. The van der Waals surface area contributed by atoms with E-state index in [0.717, 1.165) is 10.4 Å². The van der Waals surface area contributed by atoms with Gasteiger partial charge in [-0.3, -0.25) is 0 Å². The molecule has 0 saturated carbocycles. The molecular formula is C25H21N2OPS. The molecule has 2 heterocycles. The third-order valence-electron chi connectivity index (χ3n) is 6.07. The number of aromatic nitrogens is 2. The Bertz CT molecular complexity index is 1280. The van der Waals surface area contributed by atoms with Crippen molar-refractivity contribution < 1.29 is 0 Å². The molecule has 5 rings (SSSR count). The van der Waals surface area contributed by atoms with E-state index < -0.39 is 6.60 Å². The van der Waals surface area contributed by atoms with E-state index in [4.69, 9.17) is 4.98 Å². The zero-order valence-electron chi connectivity index (χ0n) is 16.6. The van der Waals surface area contributed by atoms with Crippen LogP contribution in [-0.2, 0) is 0 Å². The summed E-state index contributed by atoms with van der Waals surface area (Å²) in [5.74, 6) is 0. The van der Waals surface area contributed by atoms with Crippen molar-refractivity contribution in [1.29, 1.82) is 0 Å². The maximum absolute atomic E-state index is 13.1. The Kier molecular flexibility index (Phi) is 4.43. The monoisotopic (exact) mass is 428 g/mol. The Morgan fingerprint density at radius 3 is 1.70 bits per heavy atom. The molecule has 0 saturated heterocycles. The van der Waals surface area contributed by atoms with Gasteiger partial charge in [-0.1, -0.05) is 0 Å². The fourth-order valence-corrected chi connectivity index (χ4v) is 10.4. The minimum absolute atomic E-state index is 0.0464. The number of hydrogen-bond donors (Lipinski definition) is 0. The van der Waals surface area contributed by atoms with Gasteiger partial charge in [0.1, 0.15) is 0 Å². The van der Waals surface area contributed by atoms with Gasteiger partial charge in [-0.15, -0.1) is 0 Å². The van der Waals surface area contributed by atoms with Crippen LogP contribution in [0.15, 0.2) is 113 Å². The first kappa shape index (κ1) is 18.9. The summed E-state index contributed by atoms with van der Waals surface area (Å²) in [5, 5.41) is 5.47. The van der Waals surface area contributed by atoms with Crippen molar-refractivity contribution in [3.63, 3.8) is 0 Å². The van der Waals surface area contributed by atoms with Crippen LogP contribution in [0.25, 0.3) is 4.96 Å². The predicted molar refractivity (Wildman–Crippen MR) is 130 cm³/mol. The fraction of sp³-hybridized carbons (Fsp3) is 0.0400. The molecule has 5 heteroatoms. The number of benzene rings is 3. The van der Waals surface area contributed by atoms with Gasteiger partial charge in [-0.25, -0.2) is 0 Å². The molecule has 0 radical (unpaired) electrons. The maximum atomic E-state index is 13.1. The zero-order chi connectivity index (χ0) is 20.6. The molecule has 0 aliphatic rings. The normalized spacial score (nSPS) is 13.0. The summed E-state index contributed by atoms with van der Waals surface area (Å²) in [6.07, 6.45) is 1.79. The topological polar surface area (TPSA) is 34.4 Å².